The molecule has 0 saturated carbocycles. The zero-order valence-corrected chi connectivity index (χ0v) is 10.7. The number of ether oxygens (including phenoxy) is 1. The molecule has 0 aliphatic carbocycles. The Kier molecular flexibility index (Phi) is 3.85. The number of nitrogens with one attached hydrogen (secondary N) is 1. The molecule has 0 radical (unpaired) electrons. The Morgan fingerprint density at radius 2 is 2.17 bits per heavy atom. The molecule has 0 fully saturated rings. The van der Waals surface area contributed by atoms with Crippen LogP contribution in [0.5, 0.6) is 5.75 Å². The minimum atomic E-state index is -2.45. The molecule has 2 rings (SSSR count). The summed E-state index contributed by atoms with van der Waals surface area (Å²) in [7, 11) is 0. The van der Waals surface area contributed by atoms with Gasteiger partial charge < -0.3 is 10.1 Å². The number of rotatable bonds is 4. The Balaban J connectivity index is 2.48. The van der Waals surface area contributed by atoms with Gasteiger partial charge in [0.05, 0.1) is 6.61 Å². The van der Waals surface area contributed by atoms with Crippen molar-refractivity contribution in [3.63, 3.8) is 0 Å². The van der Waals surface area contributed by atoms with Crippen LogP contribution in [0.25, 0.3) is 0 Å². The molecule has 2 nitrogen and oxygen atoms in total. The first-order valence-electron chi connectivity index (χ1n) is 6.38. The van der Waals surface area contributed by atoms with Gasteiger partial charge in [0.2, 0.25) is 0 Å². The Morgan fingerprint density at radius 1 is 1.44 bits per heavy atom. The normalized spacial score (nSPS) is 26.8. The fourth-order valence-electron chi connectivity index (χ4n) is 2.56. The molecule has 1 heterocycles. The zero-order valence-electron chi connectivity index (χ0n) is 10.7. The van der Waals surface area contributed by atoms with Gasteiger partial charge in [0, 0.05) is 11.5 Å². The summed E-state index contributed by atoms with van der Waals surface area (Å²) in [6.45, 7) is 4.67. The van der Waals surface area contributed by atoms with Crippen molar-refractivity contribution < 1.29 is 13.5 Å². The summed E-state index contributed by atoms with van der Waals surface area (Å²) in [6.07, 6.45) is -1.63. The lowest BCUT2D eigenvalue weighted by molar-refractivity contribution is -0.0326. The average Bonchev–Trinajstić information content (AvgIpc) is 2.37. The molecule has 100 valence electrons. The lowest BCUT2D eigenvalue weighted by Gasteiger charge is -2.43. The predicted octanol–water partition coefficient (Wildman–Crippen LogP) is 3.18. The van der Waals surface area contributed by atoms with Crippen molar-refractivity contribution in [2.24, 2.45) is 5.92 Å². The van der Waals surface area contributed by atoms with Crippen LogP contribution in [0.2, 0.25) is 0 Å². The largest absolute Gasteiger partial charge is 0.493 e. The second kappa shape index (κ2) is 5.22. The van der Waals surface area contributed by atoms with E-state index in [-0.39, 0.29) is 5.92 Å². The Hall–Kier alpha value is -1.16. The van der Waals surface area contributed by atoms with E-state index in [0.29, 0.717) is 24.5 Å². The van der Waals surface area contributed by atoms with Crippen molar-refractivity contribution in [1.29, 1.82) is 0 Å². The minimum absolute atomic E-state index is 0.265. The Labute approximate surface area is 106 Å². The summed E-state index contributed by atoms with van der Waals surface area (Å²) in [5.74, 6) is 0.304. The molecule has 2 unspecified atom stereocenters. The number of alkyl halides is 2. The molecule has 1 aromatic rings. The summed E-state index contributed by atoms with van der Waals surface area (Å²) in [6, 6.07) is 7.08. The quantitative estimate of drug-likeness (QED) is 0.892. The zero-order chi connectivity index (χ0) is 13.2. The highest BCUT2D eigenvalue weighted by molar-refractivity contribution is 5.42. The SMILES string of the molecule is CCCNC1(C(F)F)c2ccccc2OCC1C. The number of halogens is 2. The van der Waals surface area contributed by atoms with Gasteiger partial charge in [-0.05, 0) is 19.0 Å². The van der Waals surface area contributed by atoms with Crippen molar-refractivity contribution in [3.05, 3.63) is 29.8 Å². The van der Waals surface area contributed by atoms with E-state index in [4.69, 9.17) is 4.74 Å². The van der Waals surface area contributed by atoms with E-state index in [1.54, 1.807) is 18.2 Å². The highest BCUT2D eigenvalue weighted by Crippen LogP contribution is 2.44. The van der Waals surface area contributed by atoms with Crippen LogP contribution < -0.4 is 10.1 Å². The van der Waals surface area contributed by atoms with Crippen molar-refractivity contribution in [2.75, 3.05) is 13.2 Å². The highest BCUT2D eigenvalue weighted by atomic mass is 19.3. The summed E-state index contributed by atoms with van der Waals surface area (Å²) in [5, 5.41) is 3.06. The van der Waals surface area contributed by atoms with Gasteiger partial charge in [0.15, 0.2) is 0 Å². The second-order valence-corrected chi connectivity index (χ2v) is 4.80. The van der Waals surface area contributed by atoms with Crippen LogP contribution in [0, 0.1) is 5.92 Å². The molecule has 0 amide bonds. The third-order valence-corrected chi connectivity index (χ3v) is 3.61. The smallest absolute Gasteiger partial charge is 0.261 e. The fraction of sp³-hybridized carbons (Fsp3) is 0.571. The molecular weight excluding hydrogens is 236 g/mol. The van der Waals surface area contributed by atoms with E-state index < -0.39 is 12.0 Å². The van der Waals surface area contributed by atoms with Crippen LogP contribution in [0.3, 0.4) is 0 Å². The first-order valence-corrected chi connectivity index (χ1v) is 6.38. The molecule has 1 aliphatic rings. The Morgan fingerprint density at radius 3 is 2.83 bits per heavy atom. The van der Waals surface area contributed by atoms with Gasteiger partial charge in [-0.3, -0.25) is 0 Å². The van der Waals surface area contributed by atoms with Crippen molar-refractivity contribution in [2.45, 2.75) is 32.2 Å². The van der Waals surface area contributed by atoms with Crippen molar-refractivity contribution in [3.8, 4) is 5.75 Å². The number of hydrogen-bond acceptors (Lipinski definition) is 2. The van der Waals surface area contributed by atoms with E-state index in [9.17, 15) is 8.78 Å². The summed E-state index contributed by atoms with van der Waals surface area (Å²) in [5.41, 5.74) is -0.711. The van der Waals surface area contributed by atoms with Crippen molar-refractivity contribution >= 4 is 0 Å². The monoisotopic (exact) mass is 255 g/mol. The summed E-state index contributed by atoms with van der Waals surface area (Å²) in [4.78, 5) is 0. The average molecular weight is 255 g/mol. The molecule has 4 heteroatoms. The van der Waals surface area contributed by atoms with Crippen LogP contribution >= 0.6 is 0 Å². The standard InChI is InChI=1S/C14H19F2NO/c1-3-8-17-14(13(15)16)10(2)9-18-12-7-5-4-6-11(12)14/h4-7,10,13,17H,3,8-9H2,1-2H3. The summed E-state index contributed by atoms with van der Waals surface area (Å²) < 4.78 is 33.0. The second-order valence-electron chi connectivity index (χ2n) is 4.80. The van der Waals surface area contributed by atoms with Crippen molar-refractivity contribution in [1.82, 2.24) is 5.32 Å². The van der Waals surface area contributed by atoms with Crippen LogP contribution in [0.4, 0.5) is 8.78 Å². The van der Waals surface area contributed by atoms with Gasteiger partial charge in [0.1, 0.15) is 11.3 Å². The highest BCUT2D eigenvalue weighted by Gasteiger charge is 2.50. The third kappa shape index (κ3) is 1.99. The van der Waals surface area contributed by atoms with E-state index in [0.717, 1.165) is 6.42 Å². The molecule has 18 heavy (non-hydrogen) atoms. The predicted molar refractivity (Wildman–Crippen MR) is 67.1 cm³/mol. The summed E-state index contributed by atoms with van der Waals surface area (Å²) >= 11 is 0. The number of benzene rings is 1. The molecule has 0 aromatic heterocycles. The lowest BCUT2D eigenvalue weighted by atomic mass is 9.77. The first kappa shape index (κ1) is 13.3. The van der Waals surface area contributed by atoms with Gasteiger partial charge in [0.25, 0.3) is 6.43 Å². The first-order chi connectivity index (χ1) is 8.63. The lowest BCUT2D eigenvalue weighted by Crippen LogP contribution is -2.56. The minimum Gasteiger partial charge on any atom is -0.493 e. The van der Waals surface area contributed by atoms with Crippen LogP contribution in [0.1, 0.15) is 25.8 Å². The van der Waals surface area contributed by atoms with Crippen LogP contribution in [-0.4, -0.2) is 19.6 Å². The van der Waals surface area contributed by atoms with Gasteiger partial charge >= 0.3 is 0 Å². The molecular formula is C14H19F2NO. The Bertz CT molecular complexity index is 411. The van der Waals surface area contributed by atoms with Crippen LogP contribution in [0.15, 0.2) is 24.3 Å². The van der Waals surface area contributed by atoms with E-state index >= 15 is 0 Å². The maximum atomic E-state index is 13.7. The molecule has 1 N–H and O–H groups in total. The molecule has 0 spiro atoms. The molecule has 0 bridgehead atoms. The van der Waals surface area contributed by atoms with E-state index in [1.165, 1.54) is 0 Å². The molecule has 1 aliphatic heterocycles. The molecule has 1 aromatic carbocycles. The van der Waals surface area contributed by atoms with Crippen LogP contribution in [-0.2, 0) is 5.54 Å². The van der Waals surface area contributed by atoms with Gasteiger partial charge in [-0.2, -0.15) is 0 Å². The fourth-order valence-corrected chi connectivity index (χ4v) is 2.56. The van der Waals surface area contributed by atoms with E-state index in [2.05, 4.69) is 5.32 Å². The third-order valence-electron chi connectivity index (χ3n) is 3.61. The number of fused-ring (bicyclic) bond motifs is 1. The maximum absolute atomic E-state index is 13.7. The topological polar surface area (TPSA) is 21.3 Å². The molecule has 2 atom stereocenters. The van der Waals surface area contributed by atoms with E-state index in [1.807, 2.05) is 19.9 Å². The van der Waals surface area contributed by atoms with Gasteiger partial charge in [-0.1, -0.05) is 32.0 Å². The van der Waals surface area contributed by atoms with Gasteiger partial charge in [-0.25, -0.2) is 8.78 Å². The van der Waals surface area contributed by atoms with Gasteiger partial charge in [-0.15, -0.1) is 0 Å². The molecule has 0 saturated heterocycles. The number of para-hydroxylation sites is 1. The number of hydrogen-bond donors (Lipinski definition) is 1. The maximum Gasteiger partial charge on any atom is 0.261 e.